The largest absolute Gasteiger partial charge is 0.383 e. The summed E-state index contributed by atoms with van der Waals surface area (Å²) in [7, 11) is 0. The number of rotatable bonds is 5. The summed E-state index contributed by atoms with van der Waals surface area (Å²) in [5.41, 5.74) is 4.61. The molecule has 0 atom stereocenters. The van der Waals surface area contributed by atoms with Gasteiger partial charge in [0, 0.05) is 17.9 Å². The average Bonchev–Trinajstić information content (AvgIpc) is 2.66. The van der Waals surface area contributed by atoms with Gasteiger partial charge in [-0.2, -0.15) is 5.10 Å². The second-order valence-electron chi connectivity index (χ2n) is 4.66. The Labute approximate surface area is 113 Å². The van der Waals surface area contributed by atoms with Crippen LogP contribution in [0.4, 0.5) is 10.1 Å². The van der Waals surface area contributed by atoms with E-state index in [-0.39, 0.29) is 5.82 Å². The van der Waals surface area contributed by atoms with Gasteiger partial charge in [0.15, 0.2) is 0 Å². The van der Waals surface area contributed by atoms with Crippen molar-refractivity contribution >= 4 is 5.69 Å². The van der Waals surface area contributed by atoms with Crippen LogP contribution in [0, 0.1) is 19.7 Å². The maximum Gasteiger partial charge on any atom is 0.123 e. The molecule has 102 valence electrons. The van der Waals surface area contributed by atoms with Crippen molar-refractivity contribution in [3.8, 4) is 0 Å². The van der Waals surface area contributed by atoms with Crippen LogP contribution in [0.2, 0.25) is 0 Å². The van der Waals surface area contributed by atoms with E-state index in [1.54, 1.807) is 12.1 Å². The Morgan fingerprint density at radius 2 is 1.89 bits per heavy atom. The van der Waals surface area contributed by atoms with E-state index in [1.165, 1.54) is 23.4 Å². The van der Waals surface area contributed by atoms with E-state index in [0.717, 1.165) is 30.9 Å². The molecule has 0 aliphatic rings. The van der Waals surface area contributed by atoms with Crippen molar-refractivity contribution in [2.75, 3.05) is 11.9 Å². The monoisotopic (exact) mass is 261 g/mol. The van der Waals surface area contributed by atoms with Crippen LogP contribution < -0.4 is 5.32 Å². The third kappa shape index (κ3) is 3.13. The summed E-state index contributed by atoms with van der Waals surface area (Å²) in [5, 5.41) is 7.81. The first kappa shape index (κ1) is 13.6. The Balaban J connectivity index is 1.94. The summed E-state index contributed by atoms with van der Waals surface area (Å²) in [6.45, 7) is 7.89. The number of aromatic nitrogens is 2. The standard InChI is InChI=1S/C15H20FN3/c1-4-15-11(2)18-19(12(15)3)10-9-17-14-7-5-13(16)6-8-14/h5-8,17H,4,9-10H2,1-3H3. The highest BCUT2D eigenvalue weighted by atomic mass is 19.1. The van der Waals surface area contributed by atoms with Crippen molar-refractivity contribution < 1.29 is 4.39 Å². The van der Waals surface area contributed by atoms with Gasteiger partial charge in [0.1, 0.15) is 5.82 Å². The highest BCUT2D eigenvalue weighted by Crippen LogP contribution is 2.13. The van der Waals surface area contributed by atoms with Crippen LogP contribution in [-0.4, -0.2) is 16.3 Å². The minimum atomic E-state index is -0.211. The molecule has 2 aromatic rings. The van der Waals surface area contributed by atoms with Gasteiger partial charge in [-0.25, -0.2) is 4.39 Å². The molecular formula is C15H20FN3. The normalized spacial score (nSPS) is 10.7. The molecule has 0 saturated heterocycles. The first-order valence-corrected chi connectivity index (χ1v) is 6.64. The zero-order valence-corrected chi connectivity index (χ0v) is 11.7. The van der Waals surface area contributed by atoms with Crippen molar-refractivity contribution in [3.63, 3.8) is 0 Å². The number of halogens is 1. The van der Waals surface area contributed by atoms with Gasteiger partial charge in [0.2, 0.25) is 0 Å². The van der Waals surface area contributed by atoms with Gasteiger partial charge >= 0.3 is 0 Å². The maximum absolute atomic E-state index is 12.8. The SMILES string of the molecule is CCc1c(C)nn(CCNc2ccc(F)cc2)c1C. The van der Waals surface area contributed by atoms with E-state index in [0.29, 0.717) is 0 Å². The lowest BCUT2D eigenvalue weighted by Gasteiger charge is -2.08. The molecule has 0 fully saturated rings. The average molecular weight is 261 g/mol. The van der Waals surface area contributed by atoms with Crippen LogP contribution in [0.25, 0.3) is 0 Å². The van der Waals surface area contributed by atoms with Crippen LogP contribution in [0.1, 0.15) is 23.9 Å². The predicted octanol–water partition coefficient (Wildman–Crippen LogP) is 3.31. The van der Waals surface area contributed by atoms with Crippen molar-refractivity contribution in [1.82, 2.24) is 9.78 Å². The topological polar surface area (TPSA) is 29.9 Å². The number of hydrogen-bond acceptors (Lipinski definition) is 2. The lowest BCUT2D eigenvalue weighted by molar-refractivity contribution is 0.613. The van der Waals surface area contributed by atoms with Gasteiger partial charge in [0.05, 0.1) is 12.2 Å². The van der Waals surface area contributed by atoms with Gasteiger partial charge in [-0.1, -0.05) is 6.92 Å². The summed E-state index contributed by atoms with van der Waals surface area (Å²) in [6, 6.07) is 6.41. The lowest BCUT2D eigenvalue weighted by atomic mass is 10.1. The molecule has 1 heterocycles. The van der Waals surface area contributed by atoms with E-state index in [9.17, 15) is 4.39 Å². The fraction of sp³-hybridized carbons (Fsp3) is 0.400. The van der Waals surface area contributed by atoms with E-state index in [4.69, 9.17) is 0 Å². The first-order chi connectivity index (χ1) is 9.11. The van der Waals surface area contributed by atoms with Gasteiger partial charge in [-0.3, -0.25) is 4.68 Å². The number of aryl methyl sites for hydroxylation is 1. The third-order valence-electron chi connectivity index (χ3n) is 3.38. The van der Waals surface area contributed by atoms with Crippen molar-refractivity contribution in [1.29, 1.82) is 0 Å². The summed E-state index contributed by atoms with van der Waals surface area (Å²) < 4.78 is 14.8. The molecule has 0 spiro atoms. The van der Waals surface area contributed by atoms with Crippen LogP contribution in [0.15, 0.2) is 24.3 Å². The maximum atomic E-state index is 12.8. The van der Waals surface area contributed by atoms with Crippen molar-refractivity contribution in [2.24, 2.45) is 0 Å². The smallest absolute Gasteiger partial charge is 0.123 e. The highest BCUT2D eigenvalue weighted by Gasteiger charge is 2.08. The second kappa shape index (κ2) is 5.87. The summed E-state index contributed by atoms with van der Waals surface area (Å²) in [5.74, 6) is -0.211. The van der Waals surface area contributed by atoms with Crippen LogP contribution >= 0.6 is 0 Å². The van der Waals surface area contributed by atoms with Gasteiger partial charge < -0.3 is 5.32 Å². The summed E-state index contributed by atoms with van der Waals surface area (Å²) >= 11 is 0. The first-order valence-electron chi connectivity index (χ1n) is 6.64. The molecule has 0 amide bonds. The molecule has 0 radical (unpaired) electrons. The highest BCUT2D eigenvalue weighted by molar-refractivity contribution is 5.42. The van der Waals surface area contributed by atoms with E-state index in [1.807, 2.05) is 4.68 Å². The number of hydrogen-bond donors (Lipinski definition) is 1. The van der Waals surface area contributed by atoms with E-state index >= 15 is 0 Å². The molecule has 0 bridgehead atoms. The van der Waals surface area contributed by atoms with Crippen molar-refractivity contribution in [3.05, 3.63) is 47.0 Å². The molecule has 1 N–H and O–H groups in total. The Hall–Kier alpha value is -1.84. The van der Waals surface area contributed by atoms with Crippen LogP contribution in [-0.2, 0) is 13.0 Å². The zero-order valence-electron chi connectivity index (χ0n) is 11.7. The van der Waals surface area contributed by atoms with Gasteiger partial charge in [-0.15, -0.1) is 0 Å². The quantitative estimate of drug-likeness (QED) is 0.895. The molecule has 0 unspecified atom stereocenters. The third-order valence-corrected chi connectivity index (χ3v) is 3.38. The molecule has 0 aliphatic heterocycles. The Morgan fingerprint density at radius 3 is 2.47 bits per heavy atom. The molecule has 4 heteroatoms. The molecule has 1 aromatic heterocycles. The number of benzene rings is 1. The van der Waals surface area contributed by atoms with E-state index in [2.05, 4.69) is 31.2 Å². The van der Waals surface area contributed by atoms with Crippen LogP contribution in [0.5, 0.6) is 0 Å². The van der Waals surface area contributed by atoms with Crippen LogP contribution in [0.3, 0.4) is 0 Å². The predicted molar refractivity (Wildman–Crippen MR) is 76.0 cm³/mol. The molecule has 0 aliphatic carbocycles. The lowest BCUT2D eigenvalue weighted by Crippen LogP contribution is -2.13. The fourth-order valence-electron chi connectivity index (χ4n) is 2.34. The molecular weight excluding hydrogens is 241 g/mol. The van der Waals surface area contributed by atoms with Gasteiger partial charge in [-0.05, 0) is 50.1 Å². The number of nitrogens with one attached hydrogen (secondary N) is 1. The van der Waals surface area contributed by atoms with E-state index < -0.39 is 0 Å². The summed E-state index contributed by atoms with van der Waals surface area (Å²) in [4.78, 5) is 0. The molecule has 0 saturated carbocycles. The fourth-order valence-corrected chi connectivity index (χ4v) is 2.34. The molecule has 3 nitrogen and oxygen atoms in total. The number of anilines is 1. The molecule has 1 aromatic carbocycles. The zero-order chi connectivity index (χ0) is 13.8. The minimum Gasteiger partial charge on any atom is -0.383 e. The Kier molecular flexibility index (Phi) is 4.20. The summed E-state index contributed by atoms with van der Waals surface area (Å²) in [6.07, 6.45) is 1.02. The Morgan fingerprint density at radius 1 is 1.21 bits per heavy atom. The minimum absolute atomic E-state index is 0.211. The number of nitrogens with zero attached hydrogens (tertiary/aromatic N) is 2. The molecule has 19 heavy (non-hydrogen) atoms. The van der Waals surface area contributed by atoms with Gasteiger partial charge in [0.25, 0.3) is 0 Å². The van der Waals surface area contributed by atoms with Crippen molar-refractivity contribution in [2.45, 2.75) is 33.7 Å². The molecule has 2 rings (SSSR count). The second-order valence-corrected chi connectivity index (χ2v) is 4.66. The Bertz CT molecular complexity index is 543.